The molecule has 0 bridgehead atoms. The zero-order valence-electron chi connectivity index (χ0n) is 14.2. The molecular weight excluding hydrogens is 319 g/mol. The summed E-state index contributed by atoms with van der Waals surface area (Å²) in [5.41, 5.74) is 0.683. The van der Waals surface area contributed by atoms with Crippen LogP contribution >= 0.6 is 19.8 Å². The number of hydrogen-bond acceptors (Lipinski definition) is 3. The highest BCUT2D eigenvalue weighted by Crippen LogP contribution is 2.36. The summed E-state index contributed by atoms with van der Waals surface area (Å²) in [6.07, 6.45) is 1.89. The standard InChI is InChI=1S/C17H26ClO3P/c1-11(9-17(2,3)4)10-22-16(19)14-13(20-5)8-7-12(18)15(14)21-6/h7-8,11,19H,9-10H2,1-6H3/p-1. The molecule has 0 saturated heterocycles. The summed E-state index contributed by atoms with van der Waals surface area (Å²) < 4.78 is 10.6. The maximum absolute atomic E-state index is 12.6. The van der Waals surface area contributed by atoms with E-state index in [1.807, 2.05) is 0 Å². The average molecular weight is 344 g/mol. The van der Waals surface area contributed by atoms with Crippen LogP contribution in [0, 0.1) is 11.3 Å². The SMILES string of the molecule is COc1ccc(Cl)c(OC)c1C([O-])=PCC(C)CC(C)(C)C. The molecule has 1 unspecified atom stereocenters. The van der Waals surface area contributed by atoms with Gasteiger partial charge in [-0.1, -0.05) is 39.3 Å². The molecule has 0 heterocycles. The molecule has 124 valence electrons. The van der Waals surface area contributed by atoms with Gasteiger partial charge in [-0.25, -0.2) is 0 Å². The van der Waals surface area contributed by atoms with E-state index in [1.165, 1.54) is 7.11 Å². The predicted octanol–water partition coefficient (Wildman–Crippen LogP) is 4.21. The molecule has 0 aliphatic rings. The summed E-state index contributed by atoms with van der Waals surface area (Å²) in [6, 6.07) is 3.38. The highest BCUT2D eigenvalue weighted by Gasteiger charge is 2.16. The lowest BCUT2D eigenvalue weighted by Gasteiger charge is -2.24. The zero-order valence-corrected chi connectivity index (χ0v) is 15.8. The first-order valence-corrected chi connectivity index (χ1v) is 8.77. The highest BCUT2D eigenvalue weighted by atomic mass is 35.5. The van der Waals surface area contributed by atoms with Crippen molar-refractivity contribution in [1.82, 2.24) is 0 Å². The predicted molar refractivity (Wildman–Crippen MR) is 93.7 cm³/mol. The van der Waals surface area contributed by atoms with Gasteiger partial charge >= 0.3 is 0 Å². The minimum absolute atomic E-state index is 0.0167. The fraction of sp³-hybridized carbons (Fsp3) is 0.588. The quantitative estimate of drug-likeness (QED) is 0.726. The van der Waals surface area contributed by atoms with E-state index in [0.29, 0.717) is 28.0 Å². The van der Waals surface area contributed by atoms with Gasteiger partial charge in [0.25, 0.3) is 0 Å². The Morgan fingerprint density at radius 3 is 2.41 bits per heavy atom. The van der Waals surface area contributed by atoms with Crippen LogP contribution in [0.1, 0.15) is 39.7 Å². The average Bonchev–Trinajstić information content (AvgIpc) is 2.42. The van der Waals surface area contributed by atoms with E-state index in [9.17, 15) is 5.11 Å². The topological polar surface area (TPSA) is 41.5 Å². The van der Waals surface area contributed by atoms with E-state index in [1.54, 1.807) is 19.2 Å². The summed E-state index contributed by atoms with van der Waals surface area (Å²) in [5, 5.41) is 13.0. The van der Waals surface area contributed by atoms with Crippen molar-refractivity contribution in [3.63, 3.8) is 0 Å². The summed E-state index contributed by atoms with van der Waals surface area (Å²) in [5.74, 6) is 1.37. The molecule has 1 aromatic rings. The lowest BCUT2D eigenvalue weighted by molar-refractivity contribution is -0.207. The molecule has 0 aliphatic heterocycles. The maximum Gasteiger partial charge on any atom is 0.147 e. The van der Waals surface area contributed by atoms with Crippen LogP contribution in [0.15, 0.2) is 12.1 Å². The molecule has 0 saturated carbocycles. The van der Waals surface area contributed by atoms with Crippen LogP contribution in [-0.2, 0) is 0 Å². The number of rotatable bonds is 6. The van der Waals surface area contributed by atoms with Crippen LogP contribution in [0.25, 0.3) is 0 Å². The van der Waals surface area contributed by atoms with Crippen LogP contribution in [-0.4, -0.2) is 25.9 Å². The first-order valence-electron chi connectivity index (χ1n) is 7.32. The van der Waals surface area contributed by atoms with Gasteiger partial charge in [-0.2, -0.15) is 0 Å². The van der Waals surface area contributed by atoms with E-state index < -0.39 is 0 Å². The Labute approximate surface area is 140 Å². The van der Waals surface area contributed by atoms with E-state index in [0.717, 1.165) is 20.8 Å². The molecule has 0 radical (unpaired) electrons. The molecule has 0 amide bonds. The first-order chi connectivity index (χ1) is 10.2. The smallest absolute Gasteiger partial charge is 0.147 e. The second-order valence-corrected chi connectivity index (χ2v) is 8.17. The normalized spacial score (nSPS) is 13.9. The van der Waals surface area contributed by atoms with Gasteiger partial charge < -0.3 is 14.6 Å². The lowest BCUT2D eigenvalue weighted by atomic mass is 9.86. The third-order valence-electron chi connectivity index (χ3n) is 3.22. The molecule has 0 N–H and O–H groups in total. The Morgan fingerprint density at radius 1 is 1.27 bits per heavy atom. The van der Waals surface area contributed by atoms with E-state index in [4.69, 9.17) is 21.1 Å². The van der Waals surface area contributed by atoms with Crippen molar-refractivity contribution in [2.45, 2.75) is 34.1 Å². The molecule has 0 spiro atoms. The fourth-order valence-electron chi connectivity index (χ4n) is 2.54. The molecule has 3 nitrogen and oxygen atoms in total. The highest BCUT2D eigenvalue weighted by molar-refractivity contribution is 7.40. The number of methoxy groups -OCH3 is 2. The lowest BCUT2D eigenvalue weighted by Crippen LogP contribution is -2.20. The van der Waals surface area contributed by atoms with Crippen LogP contribution in [0.4, 0.5) is 0 Å². The largest absolute Gasteiger partial charge is 0.823 e. The molecule has 1 rings (SSSR count). The molecule has 1 atom stereocenters. The van der Waals surface area contributed by atoms with Gasteiger partial charge in [-0.05, 0) is 36.0 Å². The van der Waals surface area contributed by atoms with Crippen molar-refractivity contribution >= 4 is 25.3 Å². The number of benzene rings is 1. The Morgan fingerprint density at radius 2 is 1.91 bits per heavy atom. The van der Waals surface area contributed by atoms with Gasteiger partial charge in [0.15, 0.2) is 0 Å². The van der Waals surface area contributed by atoms with Crippen molar-refractivity contribution in [2.24, 2.45) is 11.3 Å². The number of ether oxygens (including phenoxy) is 2. The Bertz CT molecular complexity index is 535. The first kappa shape index (κ1) is 19.3. The van der Waals surface area contributed by atoms with Gasteiger partial charge in [-0.3, -0.25) is 0 Å². The summed E-state index contributed by atoms with van der Waals surface area (Å²) >= 11 is 6.12. The molecule has 5 heteroatoms. The minimum atomic E-state index is -0.0167. The second kappa shape index (κ2) is 8.19. The third kappa shape index (κ3) is 5.46. The Kier molecular flexibility index (Phi) is 7.18. The van der Waals surface area contributed by atoms with Gasteiger partial charge in [-0.15, -0.1) is 13.7 Å². The van der Waals surface area contributed by atoms with E-state index >= 15 is 0 Å². The van der Waals surface area contributed by atoms with Crippen molar-refractivity contribution in [3.8, 4) is 11.5 Å². The third-order valence-corrected chi connectivity index (χ3v) is 4.83. The van der Waals surface area contributed by atoms with Crippen LogP contribution in [0.5, 0.6) is 11.5 Å². The van der Waals surface area contributed by atoms with Crippen molar-refractivity contribution in [3.05, 3.63) is 22.7 Å². The van der Waals surface area contributed by atoms with Crippen LogP contribution in [0.2, 0.25) is 5.02 Å². The number of halogens is 1. The molecule has 0 aromatic heterocycles. The summed E-state index contributed by atoms with van der Waals surface area (Å²) in [6.45, 7) is 8.82. The van der Waals surface area contributed by atoms with Crippen molar-refractivity contribution in [2.75, 3.05) is 20.4 Å². The van der Waals surface area contributed by atoms with E-state index in [2.05, 4.69) is 27.7 Å². The molecular formula is C17H25ClO3P-. The minimum Gasteiger partial charge on any atom is -0.823 e. The van der Waals surface area contributed by atoms with Gasteiger partial charge in [0.2, 0.25) is 0 Å². The van der Waals surface area contributed by atoms with Gasteiger partial charge in [0.05, 0.1) is 24.8 Å². The Balaban J connectivity index is 3.04. The number of hydrogen-bond donors (Lipinski definition) is 0. The molecule has 22 heavy (non-hydrogen) atoms. The molecule has 0 aliphatic carbocycles. The monoisotopic (exact) mass is 343 g/mol. The Hall–Kier alpha value is -0.760. The molecule has 1 aromatic carbocycles. The maximum atomic E-state index is 12.6. The van der Waals surface area contributed by atoms with Gasteiger partial charge in [0, 0.05) is 0 Å². The van der Waals surface area contributed by atoms with Gasteiger partial charge in [0.1, 0.15) is 11.5 Å². The van der Waals surface area contributed by atoms with Crippen LogP contribution in [0.3, 0.4) is 0 Å². The van der Waals surface area contributed by atoms with E-state index in [-0.39, 0.29) is 10.9 Å². The summed E-state index contributed by atoms with van der Waals surface area (Å²) in [4.78, 5) is 0. The van der Waals surface area contributed by atoms with Crippen molar-refractivity contribution in [1.29, 1.82) is 0 Å². The van der Waals surface area contributed by atoms with Crippen molar-refractivity contribution < 1.29 is 14.6 Å². The zero-order chi connectivity index (χ0) is 16.9. The molecule has 0 fully saturated rings. The fourth-order valence-corrected chi connectivity index (χ4v) is 3.75. The second-order valence-electron chi connectivity index (χ2n) is 6.67. The van der Waals surface area contributed by atoms with Crippen LogP contribution < -0.4 is 14.6 Å². The summed E-state index contributed by atoms with van der Waals surface area (Å²) in [7, 11) is 3.79.